The molecule has 3 heterocycles. The van der Waals surface area contributed by atoms with Crippen molar-refractivity contribution >= 4 is 27.4 Å². The fourth-order valence-corrected chi connectivity index (χ4v) is 2.47. The molecule has 3 rings (SSSR count). The maximum Gasteiger partial charge on any atom is 0.355 e. The van der Waals surface area contributed by atoms with Gasteiger partial charge in [0.05, 0.1) is 11.1 Å². The maximum atomic E-state index is 11.9. The summed E-state index contributed by atoms with van der Waals surface area (Å²) in [6.45, 7) is 0.0556. The summed E-state index contributed by atoms with van der Waals surface area (Å²) in [7, 11) is 0. The minimum absolute atomic E-state index is 0.0556. The van der Waals surface area contributed by atoms with Crippen LogP contribution in [0.1, 0.15) is 21.6 Å². The number of hydrogen-bond donors (Lipinski definition) is 1. The number of H-pyrrole nitrogens is 1. The highest BCUT2D eigenvalue weighted by Gasteiger charge is 2.14. The summed E-state index contributed by atoms with van der Waals surface area (Å²) in [6.07, 6.45) is 5.30. The van der Waals surface area contributed by atoms with Crippen molar-refractivity contribution in [1.82, 2.24) is 9.38 Å². The number of aromatic nitrogens is 2. The smallest absolute Gasteiger partial charge is 0.355 e. The summed E-state index contributed by atoms with van der Waals surface area (Å²) in [6, 6.07) is 9.39. The topological polar surface area (TPSA) is 70.3 Å². The van der Waals surface area contributed by atoms with Gasteiger partial charge in [0.25, 0.3) is 0 Å². The molecule has 0 aromatic carbocycles. The van der Waals surface area contributed by atoms with Crippen LogP contribution in [0.3, 0.4) is 0 Å². The summed E-state index contributed by atoms with van der Waals surface area (Å²) in [4.78, 5) is 14.7. The molecular weight excluding hydrogens is 334 g/mol. The maximum absolute atomic E-state index is 11.9. The average molecular weight is 344 g/mol. The lowest BCUT2D eigenvalue weighted by molar-refractivity contribution is 0.0466. The van der Waals surface area contributed by atoms with E-state index in [9.17, 15) is 10.1 Å². The Hall–Kier alpha value is -2.52. The highest BCUT2D eigenvalue weighted by atomic mass is 79.9. The minimum Gasteiger partial charge on any atom is -0.456 e. The molecule has 0 spiro atoms. The summed E-state index contributed by atoms with van der Waals surface area (Å²) in [5, 5.41) is 9.27. The molecule has 21 heavy (non-hydrogen) atoms. The second kappa shape index (κ2) is 5.46. The van der Waals surface area contributed by atoms with Gasteiger partial charge in [0.15, 0.2) is 0 Å². The first-order chi connectivity index (χ1) is 10.2. The zero-order chi connectivity index (χ0) is 14.8. The molecule has 0 bridgehead atoms. The van der Waals surface area contributed by atoms with Crippen molar-refractivity contribution in [3.63, 3.8) is 0 Å². The molecule has 1 N–H and O–H groups in total. The predicted molar refractivity (Wildman–Crippen MR) is 79.7 cm³/mol. The SMILES string of the molecule is N#Cc1c(COC(=O)c2cc(Br)c[nH]2)cn2ccccc12. The van der Waals surface area contributed by atoms with Gasteiger partial charge in [0.2, 0.25) is 0 Å². The quantitative estimate of drug-likeness (QED) is 0.742. The first-order valence-electron chi connectivity index (χ1n) is 6.19. The number of rotatable bonds is 3. The van der Waals surface area contributed by atoms with Crippen LogP contribution in [0.15, 0.2) is 47.3 Å². The zero-order valence-corrected chi connectivity index (χ0v) is 12.4. The number of esters is 1. The molecular formula is C15H10BrN3O2. The first kappa shape index (κ1) is 13.5. The third kappa shape index (κ3) is 2.56. The molecule has 0 fully saturated rings. The number of carbonyl (C=O) groups is 1. The normalized spacial score (nSPS) is 10.5. The highest BCUT2D eigenvalue weighted by Crippen LogP contribution is 2.19. The van der Waals surface area contributed by atoms with Gasteiger partial charge >= 0.3 is 5.97 Å². The van der Waals surface area contributed by atoms with Crippen molar-refractivity contribution < 1.29 is 9.53 Å². The third-order valence-corrected chi connectivity index (χ3v) is 3.56. The molecule has 0 aliphatic rings. The largest absolute Gasteiger partial charge is 0.456 e. The Balaban J connectivity index is 1.82. The van der Waals surface area contributed by atoms with Crippen LogP contribution >= 0.6 is 15.9 Å². The van der Waals surface area contributed by atoms with Crippen molar-refractivity contribution in [2.75, 3.05) is 0 Å². The van der Waals surface area contributed by atoms with E-state index < -0.39 is 5.97 Å². The fraction of sp³-hybridized carbons (Fsp3) is 0.0667. The average Bonchev–Trinajstić information content (AvgIpc) is 3.07. The molecule has 0 aliphatic carbocycles. The van der Waals surface area contributed by atoms with E-state index in [2.05, 4.69) is 27.0 Å². The Morgan fingerprint density at radius 1 is 1.48 bits per heavy atom. The van der Waals surface area contributed by atoms with E-state index in [-0.39, 0.29) is 6.61 Å². The number of hydrogen-bond acceptors (Lipinski definition) is 3. The summed E-state index contributed by atoms with van der Waals surface area (Å²) in [5.41, 5.74) is 2.37. The van der Waals surface area contributed by atoms with Gasteiger partial charge in [-0.25, -0.2) is 4.79 Å². The van der Waals surface area contributed by atoms with Gasteiger partial charge in [-0.1, -0.05) is 6.07 Å². The van der Waals surface area contributed by atoms with Crippen LogP contribution in [0.4, 0.5) is 0 Å². The Morgan fingerprint density at radius 3 is 3.05 bits per heavy atom. The van der Waals surface area contributed by atoms with E-state index in [0.717, 1.165) is 9.99 Å². The second-order valence-electron chi connectivity index (χ2n) is 4.44. The summed E-state index contributed by atoms with van der Waals surface area (Å²) < 4.78 is 7.86. The molecule has 3 aromatic rings. The molecule has 104 valence electrons. The molecule has 0 aliphatic heterocycles. The zero-order valence-electron chi connectivity index (χ0n) is 10.8. The fourth-order valence-electron chi connectivity index (χ4n) is 2.12. The van der Waals surface area contributed by atoms with Gasteiger partial charge in [0, 0.05) is 28.6 Å². The van der Waals surface area contributed by atoms with Gasteiger partial charge in [-0.2, -0.15) is 5.26 Å². The molecule has 0 saturated carbocycles. The van der Waals surface area contributed by atoms with Crippen LogP contribution in [-0.4, -0.2) is 15.4 Å². The van der Waals surface area contributed by atoms with Crippen molar-refractivity contribution in [3.8, 4) is 6.07 Å². The van der Waals surface area contributed by atoms with E-state index in [1.165, 1.54) is 0 Å². The van der Waals surface area contributed by atoms with E-state index in [1.54, 1.807) is 18.5 Å². The third-order valence-electron chi connectivity index (χ3n) is 3.10. The van der Waals surface area contributed by atoms with Crippen molar-refractivity contribution in [2.45, 2.75) is 6.61 Å². The van der Waals surface area contributed by atoms with Gasteiger partial charge in [0.1, 0.15) is 18.4 Å². The van der Waals surface area contributed by atoms with E-state index in [4.69, 9.17) is 4.74 Å². The summed E-state index contributed by atoms with van der Waals surface area (Å²) in [5.74, 6) is -0.458. The number of nitrogens with one attached hydrogen (secondary N) is 1. The predicted octanol–water partition coefficient (Wildman–Crippen LogP) is 3.26. The number of ether oxygens (including phenoxy) is 1. The van der Waals surface area contributed by atoms with Crippen LogP contribution in [0, 0.1) is 11.3 Å². The molecule has 0 radical (unpaired) electrons. The number of halogens is 1. The Morgan fingerprint density at radius 2 is 2.33 bits per heavy atom. The van der Waals surface area contributed by atoms with Crippen molar-refractivity contribution in [2.24, 2.45) is 0 Å². The lowest BCUT2D eigenvalue weighted by Crippen LogP contribution is -2.05. The molecule has 6 heteroatoms. The number of carbonyl (C=O) groups excluding carboxylic acids is 1. The van der Waals surface area contributed by atoms with Crippen LogP contribution in [-0.2, 0) is 11.3 Å². The van der Waals surface area contributed by atoms with E-state index >= 15 is 0 Å². The van der Waals surface area contributed by atoms with Gasteiger partial charge in [-0.05, 0) is 34.1 Å². The van der Waals surface area contributed by atoms with Crippen LogP contribution < -0.4 is 0 Å². The Kier molecular flexibility index (Phi) is 3.50. The minimum atomic E-state index is -0.458. The lowest BCUT2D eigenvalue weighted by atomic mass is 10.2. The van der Waals surface area contributed by atoms with Crippen molar-refractivity contribution in [1.29, 1.82) is 5.26 Å². The van der Waals surface area contributed by atoms with Gasteiger partial charge < -0.3 is 14.1 Å². The van der Waals surface area contributed by atoms with Crippen LogP contribution in [0.2, 0.25) is 0 Å². The van der Waals surface area contributed by atoms with E-state index in [1.807, 2.05) is 28.8 Å². The van der Waals surface area contributed by atoms with Gasteiger partial charge in [-0.3, -0.25) is 0 Å². The molecule has 0 atom stereocenters. The second-order valence-corrected chi connectivity index (χ2v) is 5.36. The number of fused-ring (bicyclic) bond motifs is 1. The standard InChI is InChI=1S/C15H10BrN3O2/c16-11-5-13(18-7-11)15(20)21-9-10-8-19-4-2-1-3-14(19)12(10)6-17/h1-5,7-8,18H,9H2. The monoisotopic (exact) mass is 343 g/mol. The molecule has 5 nitrogen and oxygen atoms in total. The van der Waals surface area contributed by atoms with Crippen LogP contribution in [0.5, 0.6) is 0 Å². The van der Waals surface area contributed by atoms with Crippen molar-refractivity contribution in [3.05, 3.63) is 64.1 Å². The lowest BCUT2D eigenvalue weighted by Gasteiger charge is -2.01. The molecule has 3 aromatic heterocycles. The number of nitrogens with zero attached hydrogens (tertiary/aromatic N) is 2. The van der Waals surface area contributed by atoms with Gasteiger partial charge in [-0.15, -0.1) is 0 Å². The van der Waals surface area contributed by atoms with Crippen LogP contribution in [0.25, 0.3) is 5.52 Å². The number of nitriles is 1. The first-order valence-corrected chi connectivity index (χ1v) is 6.98. The van der Waals surface area contributed by atoms with E-state index in [0.29, 0.717) is 16.8 Å². The molecule has 0 amide bonds. The highest BCUT2D eigenvalue weighted by molar-refractivity contribution is 9.10. The summed E-state index contributed by atoms with van der Waals surface area (Å²) >= 11 is 3.26. The molecule has 0 saturated heterocycles. The number of aromatic amines is 1. The number of pyridine rings is 1. The Labute approximate surface area is 128 Å². The molecule has 0 unspecified atom stereocenters. The Bertz CT molecular complexity index is 857.